The standard InChI is InChI=1S/C27H34N8O/c1-32-26(36)16-24(23-8-10-28-19-30-23)31-27(32)35-15-11-29-25(18-35)20-4-6-21(7-5-20)34-14-9-22(17-34)33-12-2-3-13-33/h4-8,10,16,19,22,25,29H,2-3,9,11-15,17-18H2,1H3/t22-,25+/m0/s1. The van der Waals surface area contributed by atoms with Crippen LogP contribution in [0.15, 0.2) is 53.7 Å². The van der Waals surface area contributed by atoms with Crippen molar-refractivity contribution in [3.8, 4) is 11.4 Å². The molecule has 3 aliphatic rings. The van der Waals surface area contributed by atoms with Crippen molar-refractivity contribution in [3.05, 3.63) is 64.8 Å². The molecule has 0 aliphatic carbocycles. The van der Waals surface area contributed by atoms with Gasteiger partial charge in [0.05, 0.1) is 11.4 Å². The zero-order valence-electron chi connectivity index (χ0n) is 20.9. The second-order valence-corrected chi connectivity index (χ2v) is 10.1. The molecule has 1 N–H and O–H groups in total. The lowest BCUT2D eigenvalue weighted by Gasteiger charge is -2.35. The summed E-state index contributed by atoms with van der Waals surface area (Å²) >= 11 is 0. The van der Waals surface area contributed by atoms with Crippen molar-refractivity contribution < 1.29 is 0 Å². The third kappa shape index (κ3) is 4.60. The first-order valence-corrected chi connectivity index (χ1v) is 13.1. The quantitative estimate of drug-likeness (QED) is 0.587. The number of nitrogens with one attached hydrogen (secondary N) is 1. The van der Waals surface area contributed by atoms with Crippen LogP contribution in [0.2, 0.25) is 0 Å². The Balaban J connectivity index is 1.17. The average molecular weight is 487 g/mol. The molecular formula is C27H34N8O. The summed E-state index contributed by atoms with van der Waals surface area (Å²) in [7, 11) is 1.78. The van der Waals surface area contributed by atoms with E-state index in [0.29, 0.717) is 23.4 Å². The number of piperazine rings is 1. The number of anilines is 2. The molecule has 5 heterocycles. The SMILES string of the molecule is Cn1c(N2CCN[C@@H](c3ccc(N4CC[C@H](N5CCCC5)C4)cc3)C2)nc(-c2ccncn2)cc1=O. The van der Waals surface area contributed by atoms with Gasteiger partial charge in [0.2, 0.25) is 5.95 Å². The van der Waals surface area contributed by atoms with E-state index in [9.17, 15) is 4.79 Å². The number of aromatic nitrogens is 4. The first-order chi connectivity index (χ1) is 17.7. The second-order valence-electron chi connectivity index (χ2n) is 10.1. The molecule has 0 saturated carbocycles. The molecule has 9 heteroatoms. The van der Waals surface area contributed by atoms with E-state index in [4.69, 9.17) is 4.98 Å². The first kappa shape index (κ1) is 23.1. The molecule has 3 aliphatic heterocycles. The fourth-order valence-corrected chi connectivity index (χ4v) is 5.84. The third-order valence-corrected chi connectivity index (χ3v) is 7.89. The van der Waals surface area contributed by atoms with Gasteiger partial charge in [0.15, 0.2) is 0 Å². The molecule has 1 aromatic carbocycles. The first-order valence-electron chi connectivity index (χ1n) is 13.1. The van der Waals surface area contributed by atoms with Crippen LogP contribution in [0, 0.1) is 0 Å². The molecule has 6 rings (SSSR count). The maximum Gasteiger partial charge on any atom is 0.255 e. The highest BCUT2D eigenvalue weighted by Crippen LogP contribution is 2.28. The normalized spacial score (nSPS) is 22.9. The minimum absolute atomic E-state index is 0.0918. The highest BCUT2D eigenvalue weighted by Gasteiger charge is 2.30. The predicted molar refractivity (Wildman–Crippen MR) is 141 cm³/mol. The molecule has 2 aromatic heterocycles. The minimum atomic E-state index is -0.0918. The van der Waals surface area contributed by atoms with E-state index < -0.39 is 0 Å². The molecule has 36 heavy (non-hydrogen) atoms. The van der Waals surface area contributed by atoms with E-state index in [2.05, 4.69) is 54.2 Å². The fourth-order valence-electron chi connectivity index (χ4n) is 5.84. The van der Waals surface area contributed by atoms with Gasteiger partial charge in [-0.2, -0.15) is 0 Å². The van der Waals surface area contributed by atoms with Crippen molar-refractivity contribution in [2.75, 3.05) is 55.6 Å². The van der Waals surface area contributed by atoms with Crippen molar-refractivity contribution in [2.45, 2.75) is 31.3 Å². The van der Waals surface area contributed by atoms with Crippen molar-refractivity contribution in [3.63, 3.8) is 0 Å². The number of hydrogen-bond acceptors (Lipinski definition) is 8. The lowest BCUT2D eigenvalue weighted by Crippen LogP contribution is -2.47. The van der Waals surface area contributed by atoms with Crippen molar-refractivity contribution in [1.82, 2.24) is 29.7 Å². The Morgan fingerprint density at radius 2 is 1.78 bits per heavy atom. The summed E-state index contributed by atoms with van der Waals surface area (Å²) in [6, 6.07) is 13.2. The van der Waals surface area contributed by atoms with Crippen LogP contribution in [-0.4, -0.2) is 76.3 Å². The molecule has 9 nitrogen and oxygen atoms in total. The van der Waals surface area contributed by atoms with Gasteiger partial charge in [-0.3, -0.25) is 14.3 Å². The summed E-state index contributed by atoms with van der Waals surface area (Å²) in [6.45, 7) is 7.16. The summed E-state index contributed by atoms with van der Waals surface area (Å²) in [6.07, 6.45) is 7.12. The number of hydrogen-bond donors (Lipinski definition) is 1. The average Bonchev–Trinajstić information content (AvgIpc) is 3.64. The van der Waals surface area contributed by atoms with Crippen LogP contribution in [0.3, 0.4) is 0 Å². The van der Waals surface area contributed by atoms with Crippen molar-refractivity contribution >= 4 is 11.6 Å². The highest BCUT2D eigenvalue weighted by atomic mass is 16.1. The van der Waals surface area contributed by atoms with E-state index >= 15 is 0 Å². The lowest BCUT2D eigenvalue weighted by molar-refractivity contribution is 0.260. The molecule has 0 spiro atoms. The van der Waals surface area contributed by atoms with E-state index in [1.54, 1.807) is 23.9 Å². The Bertz CT molecular complexity index is 1240. The summed E-state index contributed by atoms with van der Waals surface area (Å²) in [5, 5.41) is 3.65. The Labute approximate surface area is 211 Å². The van der Waals surface area contributed by atoms with Gasteiger partial charge in [-0.15, -0.1) is 0 Å². The van der Waals surface area contributed by atoms with Gasteiger partial charge in [0.1, 0.15) is 6.33 Å². The van der Waals surface area contributed by atoms with Gasteiger partial charge >= 0.3 is 0 Å². The smallest absolute Gasteiger partial charge is 0.255 e. The zero-order valence-corrected chi connectivity index (χ0v) is 20.9. The van der Waals surface area contributed by atoms with Gasteiger partial charge in [-0.25, -0.2) is 15.0 Å². The molecule has 0 unspecified atom stereocenters. The monoisotopic (exact) mass is 486 g/mol. The molecule has 3 saturated heterocycles. The Hall–Kier alpha value is -3.30. The lowest BCUT2D eigenvalue weighted by atomic mass is 10.0. The molecule has 3 fully saturated rings. The second kappa shape index (κ2) is 9.99. The molecule has 0 radical (unpaired) electrons. The summed E-state index contributed by atoms with van der Waals surface area (Å²) in [5.41, 5.74) is 3.71. The Kier molecular flexibility index (Phi) is 6.41. The summed E-state index contributed by atoms with van der Waals surface area (Å²) in [5.74, 6) is 0.671. The minimum Gasteiger partial charge on any atom is -0.370 e. The van der Waals surface area contributed by atoms with Crippen LogP contribution in [0.25, 0.3) is 11.4 Å². The van der Waals surface area contributed by atoms with Gasteiger partial charge in [0.25, 0.3) is 5.56 Å². The third-order valence-electron chi connectivity index (χ3n) is 7.89. The summed E-state index contributed by atoms with van der Waals surface area (Å²) in [4.78, 5) is 33.2. The van der Waals surface area contributed by atoms with E-state index in [1.807, 2.05) is 0 Å². The topological polar surface area (TPSA) is 82.4 Å². The van der Waals surface area contributed by atoms with E-state index in [0.717, 1.165) is 32.7 Å². The van der Waals surface area contributed by atoms with Crippen LogP contribution in [-0.2, 0) is 7.05 Å². The molecule has 188 valence electrons. The van der Waals surface area contributed by atoms with Crippen LogP contribution < -0.4 is 20.7 Å². The summed E-state index contributed by atoms with van der Waals surface area (Å²) < 4.78 is 1.63. The van der Waals surface area contributed by atoms with Crippen LogP contribution in [0.1, 0.15) is 30.9 Å². The van der Waals surface area contributed by atoms with Gasteiger partial charge < -0.3 is 15.1 Å². The van der Waals surface area contributed by atoms with E-state index in [1.165, 1.54) is 56.0 Å². The molecule has 0 bridgehead atoms. The maximum atomic E-state index is 12.7. The fraction of sp³-hybridized carbons (Fsp3) is 0.481. The van der Waals surface area contributed by atoms with E-state index in [-0.39, 0.29) is 11.6 Å². The predicted octanol–water partition coefficient (Wildman–Crippen LogP) is 2.06. The number of nitrogens with zero attached hydrogens (tertiary/aromatic N) is 7. The van der Waals surface area contributed by atoms with Crippen molar-refractivity contribution in [2.24, 2.45) is 7.05 Å². The largest absolute Gasteiger partial charge is 0.370 e. The van der Waals surface area contributed by atoms with Crippen LogP contribution in [0.4, 0.5) is 11.6 Å². The number of likely N-dealkylation sites (tertiary alicyclic amines) is 1. The number of benzene rings is 1. The highest BCUT2D eigenvalue weighted by molar-refractivity contribution is 5.55. The van der Waals surface area contributed by atoms with Gasteiger partial charge in [-0.1, -0.05) is 12.1 Å². The molecule has 0 amide bonds. The molecule has 3 aromatic rings. The van der Waals surface area contributed by atoms with Crippen molar-refractivity contribution in [1.29, 1.82) is 0 Å². The zero-order chi connectivity index (χ0) is 24.5. The number of rotatable bonds is 5. The van der Waals surface area contributed by atoms with Crippen LogP contribution in [0.5, 0.6) is 0 Å². The van der Waals surface area contributed by atoms with Crippen LogP contribution >= 0.6 is 0 Å². The van der Waals surface area contributed by atoms with Gasteiger partial charge in [-0.05, 0) is 56.1 Å². The molecule has 2 atom stereocenters. The Morgan fingerprint density at radius 1 is 0.944 bits per heavy atom. The van der Waals surface area contributed by atoms with Gasteiger partial charge in [0, 0.05) is 69.8 Å². The maximum absolute atomic E-state index is 12.7. The molecular weight excluding hydrogens is 452 g/mol. The Morgan fingerprint density at radius 3 is 2.56 bits per heavy atom.